The molecule has 132 valence electrons. The normalized spacial score (nSPS) is 18.0. The van der Waals surface area contributed by atoms with Gasteiger partial charge in [-0.25, -0.2) is 0 Å². The number of hydrogen-bond donors (Lipinski definition) is 2. The Morgan fingerprint density at radius 3 is 2.32 bits per heavy atom. The molecule has 0 bridgehead atoms. The Morgan fingerprint density at radius 1 is 1.08 bits per heavy atom. The third-order valence-electron chi connectivity index (χ3n) is 4.87. The maximum absolute atomic E-state index is 12.5. The molecule has 2 aromatic carbocycles. The summed E-state index contributed by atoms with van der Waals surface area (Å²) < 4.78 is 0. The minimum atomic E-state index is -1.01. The standard InChI is InChI=1S/C20H22ClNO3/c21-17-9-5-4-8-16(17)20(25)10-12-22(13-11-20)19(24)14-18(23)15-6-2-1-3-7-15/h1-9,18,23,25H,10-14H2. The second-order valence-electron chi connectivity index (χ2n) is 6.52. The molecule has 1 saturated heterocycles. The number of benzene rings is 2. The first-order valence-electron chi connectivity index (χ1n) is 8.48. The summed E-state index contributed by atoms with van der Waals surface area (Å²) in [5, 5.41) is 21.7. The molecule has 0 aliphatic carbocycles. The lowest BCUT2D eigenvalue weighted by atomic mass is 9.84. The van der Waals surface area contributed by atoms with Crippen molar-refractivity contribution in [3.8, 4) is 0 Å². The lowest BCUT2D eigenvalue weighted by molar-refractivity contribution is -0.137. The summed E-state index contributed by atoms with van der Waals surface area (Å²) in [4.78, 5) is 14.2. The molecule has 1 unspecified atom stereocenters. The predicted octanol–water partition coefficient (Wildman–Crippen LogP) is 3.27. The van der Waals surface area contributed by atoms with Crippen LogP contribution in [0, 0.1) is 0 Å². The van der Waals surface area contributed by atoms with Crippen molar-refractivity contribution in [3.63, 3.8) is 0 Å². The summed E-state index contributed by atoms with van der Waals surface area (Å²) >= 11 is 6.21. The number of likely N-dealkylation sites (tertiary alicyclic amines) is 1. The number of amides is 1. The average Bonchev–Trinajstić information content (AvgIpc) is 2.63. The fourth-order valence-electron chi connectivity index (χ4n) is 3.32. The molecule has 0 radical (unpaired) electrons. The van der Waals surface area contributed by atoms with Crippen LogP contribution in [0.4, 0.5) is 0 Å². The zero-order chi connectivity index (χ0) is 17.9. The molecule has 1 aliphatic rings. The van der Waals surface area contributed by atoms with E-state index < -0.39 is 11.7 Å². The highest BCUT2D eigenvalue weighted by atomic mass is 35.5. The fourth-order valence-corrected chi connectivity index (χ4v) is 3.63. The maximum atomic E-state index is 12.5. The van der Waals surface area contributed by atoms with E-state index in [4.69, 9.17) is 11.6 Å². The van der Waals surface area contributed by atoms with Crippen LogP contribution in [0.25, 0.3) is 0 Å². The minimum absolute atomic E-state index is 0.0501. The lowest BCUT2D eigenvalue weighted by Crippen LogP contribution is -2.45. The van der Waals surface area contributed by atoms with Crippen molar-refractivity contribution < 1.29 is 15.0 Å². The summed E-state index contributed by atoms with van der Waals surface area (Å²) in [6.07, 6.45) is 0.112. The second kappa shape index (κ2) is 7.56. The second-order valence-corrected chi connectivity index (χ2v) is 6.93. The van der Waals surface area contributed by atoms with Crippen molar-refractivity contribution >= 4 is 17.5 Å². The van der Waals surface area contributed by atoms with Crippen LogP contribution in [0.5, 0.6) is 0 Å². The molecule has 2 aromatic rings. The molecule has 1 amide bonds. The van der Waals surface area contributed by atoms with Crippen LogP contribution in [0.2, 0.25) is 5.02 Å². The smallest absolute Gasteiger partial charge is 0.225 e. The van der Waals surface area contributed by atoms with Gasteiger partial charge in [0.05, 0.1) is 18.1 Å². The largest absolute Gasteiger partial charge is 0.388 e. The average molecular weight is 360 g/mol. The molecule has 0 saturated carbocycles. The molecule has 25 heavy (non-hydrogen) atoms. The Kier molecular flexibility index (Phi) is 5.42. The van der Waals surface area contributed by atoms with Gasteiger partial charge < -0.3 is 15.1 Å². The van der Waals surface area contributed by atoms with Crippen molar-refractivity contribution in [1.82, 2.24) is 4.90 Å². The van der Waals surface area contributed by atoms with E-state index in [1.54, 1.807) is 11.0 Å². The quantitative estimate of drug-likeness (QED) is 0.880. The summed E-state index contributed by atoms with van der Waals surface area (Å²) in [6, 6.07) is 16.5. The van der Waals surface area contributed by atoms with Gasteiger partial charge in [0.2, 0.25) is 5.91 Å². The number of aliphatic hydroxyl groups excluding tert-OH is 1. The van der Waals surface area contributed by atoms with Crippen LogP contribution in [0.3, 0.4) is 0 Å². The molecule has 5 heteroatoms. The van der Waals surface area contributed by atoms with Crippen molar-refractivity contribution in [2.75, 3.05) is 13.1 Å². The van der Waals surface area contributed by atoms with E-state index in [1.165, 1.54) is 0 Å². The van der Waals surface area contributed by atoms with Crippen LogP contribution >= 0.6 is 11.6 Å². The molecule has 3 rings (SSSR count). The van der Waals surface area contributed by atoms with Crippen molar-refractivity contribution in [3.05, 3.63) is 70.7 Å². The Bertz CT molecular complexity index is 727. The molecular formula is C20H22ClNO3. The zero-order valence-corrected chi connectivity index (χ0v) is 14.7. The number of carbonyl (C=O) groups is 1. The van der Waals surface area contributed by atoms with Crippen molar-refractivity contribution in [1.29, 1.82) is 0 Å². The van der Waals surface area contributed by atoms with Gasteiger partial charge in [0.25, 0.3) is 0 Å². The van der Waals surface area contributed by atoms with Crippen LogP contribution < -0.4 is 0 Å². The van der Waals surface area contributed by atoms with E-state index in [0.29, 0.717) is 36.5 Å². The minimum Gasteiger partial charge on any atom is -0.388 e. The van der Waals surface area contributed by atoms with Crippen LogP contribution in [-0.2, 0) is 10.4 Å². The number of halogens is 1. The van der Waals surface area contributed by atoms with Gasteiger partial charge in [0, 0.05) is 23.7 Å². The molecule has 1 fully saturated rings. The van der Waals surface area contributed by atoms with Gasteiger partial charge in [-0.1, -0.05) is 60.1 Å². The van der Waals surface area contributed by atoms with E-state index in [-0.39, 0.29) is 12.3 Å². The van der Waals surface area contributed by atoms with E-state index in [2.05, 4.69) is 0 Å². The Hall–Kier alpha value is -1.88. The highest BCUT2D eigenvalue weighted by molar-refractivity contribution is 6.31. The molecule has 1 aliphatic heterocycles. The Morgan fingerprint density at radius 2 is 1.68 bits per heavy atom. The number of carbonyl (C=O) groups excluding carboxylic acids is 1. The van der Waals surface area contributed by atoms with Crippen LogP contribution in [0.1, 0.15) is 36.5 Å². The SMILES string of the molecule is O=C(CC(O)c1ccccc1)N1CCC(O)(c2ccccc2Cl)CC1. The van der Waals surface area contributed by atoms with Crippen LogP contribution in [-0.4, -0.2) is 34.1 Å². The number of hydrogen-bond acceptors (Lipinski definition) is 3. The molecule has 1 heterocycles. The highest BCUT2D eigenvalue weighted by Crippen LogP contribution is 2.37. The van der Waals surface area contributed by atoms with Crippen molar-refractivity contribution in [2.45, 2.75) is 31.0 Å². The van der Waals surface area contributed by atoms with E-state index in [0.717, 1.165) is 5.56 Å². The first-order chi connectivity index (χ1) is 12.0. The van der Waals surface area contributed by atoms with Gasteiger partial charge >= 0.3 is 0 Å². The maximum Gasteiger partial charge on any atom is 0.225 e. The Labute approximate surface area is 152 Å². The molecule has 4 nitrogen and oxygen atoms in total. The van der Waals surface area contributed by atoms with Gasteiger partial charge in [-0.15, -0.1) is 0 Å². The first kappa shape index (κ1) is 17.9. The summed E-state index contributed by atoms with van der Waals surface area (Å²) in [7, 11) is 0. The molecule has 0 spiro atoms. The van der Waals surface area contributed by atoms with Crippen LogP contribution in [0.15, 0.2) is 54.6 Å². The monoisotopic (exact) mass is 359 g/mol. The first-order valence-corrected chi connectivity index (χ1v) is 8.85. The summed E-state index contributed by atoms with van der Waals surface area (Å²) in [6.45, 7) is 0.893. The highest BCUT2D eigenvalue weighted by Gasteiger charge is 2.36. The number of aliphatic hydroxyl groups is 2. The van der Waals surface area contributed by atoms with Gasteiger partial charge in [0.1, 0.15) is 0 Å². The van der Waals surface area contributed by atoms with Gasteiger partial charge in [-0.05, 0) is 24.5 Å². The summed E-state index contributed by atoms with van der Waals surface area (Å²) in [5.74, 6) is -0.0995. The van der Waals surface area contributed by atoms with Gasteiger partial charge in [-0.3, -0.25) is 4.79 Å². The Balaban J connectivity index is 1.60. The fraction of sp³-hybridized carbons (Fsp3) is 0.350. The number of nitrogens with zero attached hydrogens (tertiary/aromatic N) is 1. The lowest BCUT2D eigenvalue weighted by Gasteiger charge is -2.39. The van der Waals surface area contributed by atoms with E-state index in [9.17, 15) is 15.0 Å². The van der Waals surface area contributed by atoms with E-state index in [1.807, 2.05) is 48.5 Å². The molecule has 1 atom stereocenters. The van der Waals surface area contributed by atoms with E-state index >= 15 is 0 Å². The predicted molar refractivity (Wildman–Crippen MR) is 97.2 cm³/mol. The number of piperidine rings is 1. The third kappa shape index (κ3) is 4.03. The molecular weight excluding hydrogens is 338 g/mol. The van der Waals surface area contributed by atoms with Crippen molar-refractivity contribution in [2.24, 2.45) is 0 Å². The summed E-state index contributed by atoms with van der Waals surface area (Å²) in [5.41, 5.74) is 0.446. The third-order valence-corrected chi connectivity index (χ3v) is 5.20. The number of rotatable bonds is 4. The molecule has 0 aromatic heterocycles. The topological polar surface area (TPSA) is 60.8 Å². The van der Waals surface area contributed by atoms with Gasteiger partial charge in [0.15, 0.2) is 0 Å². The van der Waals surface area contributed by atoms with Gasteiger partial charge in [-0.2, -0.15) is 0 Å². The molecule has 2 N–H and O–H groups in total. The zero-order valence-electron chi connectivity index (χ0n) is 13.9.